The molecule has 0 aliphatic rings. The summed E-state index contributed by atoms with van der Waals surface area (Å²) < 4.78 is 5.32. The van der Waals surface area contributed by atoms with Crippen LogP contribution in [0.3, 0.4) is 0 Å². The molecule has 0 fully saturated rings. The number of carbonyl (C=O) groups is 1. The summed E-state index contributed by atoms with van der Waals surface area (Å²) in [6, 6.07) is 7.55. The van der Waals surface area contributed by atoms with Crippen molar-refractivity contribution < 1.29 is 9.21 Å². The van der Waals surface area contributed by atoms with E-state index in [-0.39, 0.29) is 5.91 Å². The van der Waals surface area contributed by atoms with Crippen molar-refractivity contribution in [1.29, 1.82) is 0 Å². The van der Waals surface area contributed by atoms with Gasteiger partial charge < -0.3 is 9.73 Å². The molecule has 1 N–H and O–H groups in total. The van der Waals surface area contributed by atoms with Gasteiger partial charge in [-0.1, -0.05) is 31.5 Å². The van der Waals surface area contributed by atoms with E-state index in [4.69, 9.17) is 4.42 Å². The SMILES string of the molecule is CCCCNC(=O)c1coc2ccccc12. The standard InChI is InChI=1S/C13H15NO2/c1-2-3-8-14-13(15)11-9-16-12-7-5-4-6-10(11)12/h4-7,9H,2-3,8H2,1H3,(H,14,15). The summed E-state index contributed by atoms with van der Waals surface area (Å²) in [5.74, 6) is -0.0570. The molecule has 1 aromatic heterocycles. The lowest BCUT2D eigenvalue weighted by atomic mass is 10.1. The molecule has 0 saturated heterocycles. The van der Waals surface area contributed by atoms with Crippen molar-refractivity contribution in [3.63, 3.8) is 0 Å². The molecule has 1 amide bonds. The molecule has 1 aromatic carbocycles. The van der Waals surface area contributed by atoms with Crippen LogP contribution < -0.4 is 5.32 Å². The van der Waals surface area contributed by atoms with Crippen LogP contribution in [0.4, 0.5) is 0 Å². The van der Waals surface area contributed by atoms with Gasteiger partial charge in [0.15, 0.2) is 0 Å². The number of unbranched alkanes of at least 4 members (excludes halogenated alkanes) is 1. The number of fused-ring (bicyclic) bond motifs is 1. The normalized spacial score (nSPS) is 10.6. The van der Waals surface area contributed by atoms with E-state index in [9.17, 15) is 4.79 Å². The first-order valence-corrected chi connectivity index (χ1v) is 5.57. The minimum Gasteiger partial charge on any atom is -0.463 e. The molecular weight excluding hydrogens is 202 g/mol. The first-order chi connectivity index (χ1) is 7.83. The number of carbonyl (C=O) groups excluding carboxylic acids is 1. The average Bonchev–Trinajstić information content (AvgIpc) is 2.73. The fourth-order valence-corrected chi connectivity index (χ4v) is 1.63. The molecule has 0 radical (unpaired) electrons. The highest BCUT2D eigenvalue weighted by Gasteiger charge is 2.12. The van der Waals surface area contributed by atoms with Crippen LogP contribution in [0.25, 0.3) is 11.0 Å². The van der Waals surface area contributed by atoms with Gasteiger partial charge in [-0.3, -0.25) is 4.79 Å². The van der Waals surface area contributed by atoms with Crippen molar-refractivity contribution >= 4 is 16.9 Å². The van der Waals surface area contributed by atoms with Crippen molar-refractivity contribution in [3.05, 3.63) is 36.1 Å². The van der Waals surface area contributed by atoms with Gasteiger partial charge >= 0.3 is 0 Å². The highest BCUT2D eigenvalue weighted by molar-refractivity contribution is 6.05. The quantitative estimate of drug-likeness (QED) is 0.800. The topological polar surface area (TPSA) is 42.2 Å². The summed E-state index contributed by atoms with van der Waals surface area (Å²) in [7, 11) is 0. The van der Waals surface area contributed by atoms with Gasteiger partial charge in [0.2, 0.25) is 0 Å². The molecule has 84 valence electrons. The Morgan fingerprint density at radius 1 is 1.38 bits per heavy atom. The summed E-state index contributed by atoms with van der Waals surface area (Å²) in [6.07, 6.45) is 3.60. The predicted molar refractivity (Wildman–Crippen MR) is 63.5 cm³/mol. The van der Waals surface area contributed by atoms with Gasteiger partial charge in [0, 0.05) is 11.9 Å². The van der Waals surface area contributed by atoms with E-state index >= 15 is 0 Å². The molecular formula is C13H15NO2. The zero-order valence-electron chi connectivity index (χ0n) is 9.32. The molecule has 0 aliphatic carbocycles. The second kappa shape index (κ2) is 4.84. The van der Waals surface area contributed by atoms with Gasteiger partial charge in [-0.25, -0.2) is 0 Å². The van der Waals surface area contributed by atoms with Crippen molar-refractivity contribution in [2.45, 2.75) is 19.8 Å². The molecule has 0 atom stereocenters. The zero-order valence-corrected chi connectivity index (χ0v) is 9.32. The number of hydrogen-bond acceptors (Lipinski definition) is 2. The zero-order chi connectivity index (χ0) is 11.4. The monoisotopic (exact) mass is 217 g/mol. The van der Waals surface area contributed by atoms with Gasteiger partial charge in [-0.2, -0.15) is 0 Å². The Bertz CT molecular complexity index is 487. The molecule has 1 heterocycles. The fraction of sp³-hybridized carbons (Fsp3) is 0.308. The third kappa shape index (κ3) is 2.08. The molecule has 0 bridgehead atoms. The van der Waals surface area contributed by atoms with Gasteiger partial charge in [-0.05, 0) is 12.5 Å². The van der Waals surface area contributed by atoms with Gasteiger partial charge in [0.1, 0.15) is 11.8 Å². The van der Waals surface area contributed by atoms with E-state index < -0.39 is 0 Å². The van der Waals surface area contributed by atoms with E-state index in [1.165, 1.54) is 6.26 Å². The Hall–Kier alpha value is -1.77. The maximum Gasteiger partial charge on any atom is 0.255 e. The summed E-state index contributed by atoms with van der Waals surface area (Å²) >= 11 is 0. The van der Waals surface area contributed by atoms with E-state index in [0.29, 0.717) is 5.56 Å². The average molecular weight is 217 g/mol. The number of rotatable bonds is 4. The lowest BCUT2D eigenvalue weighted by Crippen LogP contribution is -2.23. The Morgan fingerprint density at radius 3 is 3.00 bits per heavy atom. The van der Waals surface area contributed by atoms with Crippen LogP contribution in [0, 0.1) is 0 Å². The lowest BCUT2D eigenvalue weighted by molar-refractivity contribution is 0.0954. The molecule has 3 heteroatoms. The summed E-state index contributed by atoms with van der Waals surface area (Å²) in [6.45, 7) is 2.81. The molecule has 16 heavy (non-hydrogen) atoms. The van der Waals surface area contributed by atoms with Crippen molar-refractivity contribution in [3.8, 4) is 0 Å². The van der Waals surface area contributed by atoms with E-state index in [1.807, 2.05) is 24.3 Å². The molecule has 2 rings (SSSR count). The Kier molecular flexibility index (Phi) is 3.25. The largest absolute Gasteiger partial charge is 0.463 e. The second-order valence-corrected chi connectivity index (χ2v) is 3.75. The van der Waals surface area contributed by atoms with Crippen molar-refractivity contribution in [2.24, 2.45) is 0 Å². The number of para-hydroxylation sites is 1. The summed E-state index contributed by atoms with van der Waals surface area (Å²) in [5, 5.41) is 3.75. The van der Waals surface area contributed by atoms with Gasteiger partial charge in [0.05, 0.1) is 5.56 Å². The first-order valence-electron chi connectivity index (χ1n) is 5.57. The molecule has 0 aliphatic heterocycles. The third-order valence-electron chi connectivity index (χ3n) is 2.54. The highest BCUT2D eigenvalue weighted by Crippen LogP contribution is 2.20. The smallest absolute Gasteiger partial charge is 0.255 e. The van der Waals surface area contributed by atoms with Gasteiger partial charge in [0.25, 0.3) is 5.91 Å². The highest BCUT2D eigenvalue weighted by atomic mass is 16.3. The third-order valence-corrected chi connectivity index (χ3v) is 2.54. The van der Waals surface area contributed by atoms with Gasteiger partial charge in [-0.15, -0.1) is 0 Å². The minimum atomic E-state index is -0.0570. The molecule has 0 saturated carbocycles. The number of benzene rings is 1. The lowest BCUT2D eigenvalue weighted by Gasteiger charge is -2.01. The Labute approximate surface area is 94.4 Å². The van der Waals surface area contributed by atoms with Crippen LogP contribution in [0.5, 0.6) is 0 Å². The Morgan fingerprint density at radius 2 is 2.19 bits per heavy atom. The molecule has 2 aromatic rings. The maximum absolute atomic E-state index is 11.8. The maximum atomic E-state index is 11.8. The van der Waals surface area contributed by atoms with E-state index in [0.717, 1.165) is 30.4 Å². The first kappa shape index (κ1) is 10.7. The van der Waals surface area contributed by atoms with Crippen LogP contribution in [-0.2, 0) is 0 Å². The van der Waals surface area contributed by atoms with Crippen LogP contribution >= 0.6 is 0 Å². The van der Waals surface area contributed by atoms with Crippen LogP contribution in [0.15, 0.2) is 34.9 Å². The second-order valence-electron chi connectivity index (χ2n) is 3.75. The minimum absolute atomic E-state index is 0.0570. The fourth-order valence-electron chi connectivity index (χ4n) is 1.63. The van der Waals surface area contributed by atoms with E-state index in [1.54, 1.807) is 0 Å². The van der Waals surface area contributed by atoms with Crippen LogP contribution in [-0.4, -0.2) is 12.5 Å². The number of furan rings is 1. The Balaban J connectivity index is 2.17. The number of nitrogens with one attached hydrogen (secondary N) is 1. The number of hydrogen-bond donors (Lipinski definition) is 1. The van der Waals surface area contributed by atoms with Crippen molar-refractivity contribution in [1.82, 2.24) is 5.32 Å². The summed E-state index contributed by atoms with van der Waals surface area (Å²) in [4.78, 5) is 11.8. The van der Waals surface area contributed by atoms with Crippen LogP contribution in [0.1, 0.15) is 30.1 Å². The van der Waals surface area contributed by atoms with Crippen molar-refractivity contribution in [2.75, 3.05) is 6.54 Å². The predicted octanol–water partition coefficient (Wildman–Crippen LogP) is 2.96. The molecule has 0 spiro atoms. The summed E-state index contributed by atoms with van der Waals surface area (Å²) in [5.41, 5.74) is 1.37. The molecule has 3 nitrogen and oxygen atoms in total. The van der Waals surface area contributed by atoms with E-state index in [2.05, 4.69) is 12.2 Å². The molecule has 0 unspecified atom stereocenters. The number of amides is 1. The van der Waals surface area contributed by atoms with Crippen LogP contribution in [0.2, 0.25) is 0 Å².